The number of aryl methyl sites for hydroxylation is 1. The van der Waals surface area contributed by atoms with Gasteiger partial charge < -0.3 is 15.3 Å². The minimum Gasteiger partial charge on any atom is -0.477 e. The Morgan fingerprint density at radius 3 is 2.62 bits per heavy atom. The predicted octanol–water partition coefficient (Wildman–Crippen LogP) is 2.42. The molecular formula is C17H23N3O4S2. The maximum atomic E-state index is 12.7. The fourth-order valence-corrected chi connectivity index (χ4v) is 5.53. The van der Waals surface area contributed by atoms with Gasteiger partial charge in [-0.2, -0.15) is 0 Å². The van der Waals surface area contributed by atoms with Crippen LogP contribution in [-0.2, 0) is 9.59 Å². The van der Waals surface area contributed by atoms with E-state index in [9.17, 15) is 14.4 Å². The summed E-state index contributed by atoms with van der Waals surface area (Å²) in [5.41, 5.74) is 0.452. The largest absolute Gasteiger partial charge is 0.477 e. The third-order valence-corrected chi connectivity index (χ3v) is 7.25. The van der Waals surface area contributed by atoms with E-state index in [1.165, 1.54) is 0 Å². The van der Waals surface area contributed by atoms with Gasteiger partial charge in [-0.1, -0.05) is 12.8 Å². The topological polar surface area (TPSA) is 99.6 Å². The van der Waals surface area contributed by atoms with Crippen molar-refractivity contribution in [3.05, 3.63) is 15.6 Å². The SMILES string of the molecule is Cc1nc(C(C)NC(=O)C2CSCN2C(=O)C2CCCC2)sc1C(=O)O. The van der Waals surface area contributed by atoms with Gasteiger partial charge in [0, 0.05) is 11.7 Å². The number of aromatic carboxylic acids is 1. The molecule has 2 heterocycles. The summed E-state index contributed by atoms with van der Waals surface area (Å²) in [6, 6.07) is -0.858. The second-order valence-electron chi connectivity index (χ2n) is 6.81. The van der Waals surface area contributed by atoms with Crippen LogP contribution in [0.15, 0.2) is 0 Å². The normalized spacial score (nSPS) is 21.8. The van der Waals surface area contributed by atoms with E-state index < -0.39 is 18.1 Å². The van der Waals surface area contributed by atoms with Crippen LogP contribution < -0.4 is 5.32 Å². The Labute approximate surface area is 160 Å². The summed E-state index contributed by atoms with van der Waals surface area (Å²) < 4.78 is 0. The van der Waals surface area contributed by atoms with Crippen LogP contribution in [-0.4, -0.2) is 50.4 Å². The van der Waals surface area contributed by atoms with Gasteiger partial charge in [-0.15, -0.1) is 23.1 Å². The Morgan fingerprint density at radius 1 is 1.31 bits per heavy atom. The molecule has 2 fully saturated rings. The number of amides is 2. The fourth-order valence-electron chi connectivity index (χ4n) is 3.46. The van der Waals surface area contributed by atoms with Gasteiger partial charge >= 0.3 is 5.97 Å². The maximum absolute atomic E-state index is 12.7. The van der Waals surface area contributed by atoms with E-state index in [1.807, 2.05) is 0 Å². The Balaban J connectivity index is 1.65. The number of carbonyl (C=O) groups is 3. The average molecular weight is 398 g/mol. The zero-order valence-electron chi connectivity index (χ0n) is 14.9. The number of carboxylic acids is 1. The van der Waals surface area contributed by atoms with Crippen molar-refractivity contribution in [1.82, 2.24) is 15.2 Å². The predicted molar refractivity (Wildman–Crippen MR) is 100 cm³/mol. The lowest BCUT2D eigenvalue weighted by atomic mass is 10.1. The number of thioether (sulfide) groups is 1. The molecule has 3 rings (SSSR count). The zero-order valence-corrected chi connectivity index (χ0v) is 16.5. The number of carbonyl (C=O) groups excluding carboxylic acids is 2. The van der Waals surface area contributed by atoms with E-state index in [2.05, 4.69) is 10.3 Å². The van der Waals surface area contributed by atoms with Crippen LogP contribution in [0.4, 0.5) is 0 Å². The van der Waals surface area contributed by atoms with Crippen molar-refractivity contribution in [2.45, 2.75) is 51.6 Å². The van der Waals surface area contributed by atoms with Gasteiger partial charge in [0.25, 0.3) is 0 Å². The lowest BCUT2D eigenvalue weighted by Gasteiger charge is -2.26. The number of hydrogen-bond donors (Lipinski definition) is 2. The highest BCUT2D eigenvalue weighted by molar-refractivity contribution is 7.99. The third-order valence-electron chi connectivity index (χ3n) is 4.91. The summed E-state index contributed by atoms with van der Waals surface area (Å²) in [4.78, 5) is 42.8. The summed E-state index contributed by atoms with van der Waals surface area (Å²) >= 11 is 2.67. The average Bonchev–Trinajstić information content (AvgIpc) is 3.33. The van der Waals surface area contributed by atoms with Crippen LogP contribution in [0.25, 0.3) is 0 Å². The Kier molecular flexibility index (Phi) is 5.86. The van der Waals surface area contributed by atoms with Crippen molar-refractivity contribution in [2.75, 3.05) is 11.6 Å². The third kappa shape index (κ3) is 3.88. The molecule has 2 N–H and O–H groups in total. The monoisotopic (exact) mass is 397 g/mol. The van der Waals surface area contributed by atoms with Crippen molar-refractivity contribution >= 4 is 40.9 Å². The second kappa shape index (κ2) is 7.96. The number of hydrogen-bond acceptors (Lipinski definition) is 6. The lowest BCUT2D eigenvalue weighted by molar-refractivity contribution is -0.141. The van der Waals surface area contributed by atoms with Crippen molar-refractivity contribution in [3.8, 4) is 0 Å². The Bertz CT molecular complexity index is 715. The molecule has 1 aliphatic carbocycles. The number of rotatable bonds is 5. The quantitative estimate of drug-likeness (QED) is 0.792. The van der Waals surface area contributed by atoms with Gasteiger partial charge in [0.1, 0.15) is 15.9 Å². The molecule has 1 saturated carbocycles. The zero-order chi connectivity index (χ0) is 18.8. The van der Waals surface area contributed by atoms with Crippen molar-refractivity contribution in [3.63, 3.8) is 0 Å². The number of carboxylic acid groups (broad SMARTS) is 1. The fraction of sp³-hybridized carbons (Fsp3) is 0.647. The van der Waals surface area contributed by atoms with Crippen LogP contribution in [0.3, 0.4) is 0 Å². The standard InChI is InChI=1S/C17H23N3O4S2/c1-9-13(17(23)24)26-15(19-9)10(2)18-14(21)12-7-25-8-20(12)16(22)11-5-3-4-6-11/h10-12H,3-8H2,1-2H3,(H,18,21)(H,23,24). The smallest absolute Gasteiger partial charge is 0.347 e. The van der Waals surface area contributed by atoms with Crippen LogP contribution in [0.1, 0.15) is 59.0 Å². The molecular weight excluding hydrogens is 374 g/mol. The van der Waals surface area contributed by atoms with Gasteiger partial charge in [0.05, 0.1) is 17.6 Å². The summed E-state index contributed by atoms with van der Waals surface area (Å²) in [6.45, 7) is 3.43. The molecule has 0 aromatic carbocycles. The summed E-state index contributed by atoms with van der Waals surface area (Å²) in [7, 11) is 0. The molecule has 9 heteroatoms. The van der Waals surface area contributed by atoms with Gasteiger partial charge in [-0.25, -0.2) is 9.78 Å². The lowest BCUT2D eigenvalue weighted by Crippen LogP contribution is -2.49. The molecule has 0 spiro atoms. The molecule has 2 amide bonds. The minimum absolute atomic E-state index is 0.0566. The van der Waals surface area contributed by atoms with Gasteiger partial charge in [0.2, 0.25) is 11.8 Å². The number of aromatic nitrogens is 1. The van der Waals surface area contributed by atoms with E-state index in [0.29, 0.717) is 22.3 Å². The van der Waals surface area contributed by atoms with Gasteiger partial charge in [0.15, 0.2) is 0 Å². The highest BCUT2D eigenvalue weighted by atomic mass is 32.2. The second-order valence-corrected chi connectivity index (χ2v) is 8.84. The molecule has 1 aliphatic heterocycles. The molecule has 0 bridgehead atoms. The van der Waals surface area contributed by atoms with E-state index in [-0.39, 0.29) is 22.6 Å². The van der Waals surface area contributed by atoms with E-state index in [4.69, 9.17) is 5.11 Å². The molecule has 1 aromatic heterocycles. The molecule has 1 aromatic rings. The number of nitrogens with one attached hydrogen (secondary N) is 1. The van der Waals surface area contributed by atoms with E-state index in [0.717, 1.165) is 37.0 Å². The Morgan fingerprint density at radius 2 is 2.00 bits per heavy atom. The Hall–Kier alpha value is -1.61. The molecule has 2 aliphatic rings. The number of nitrogens with zero attached hydrogens (tertiary/aromatic N) is 2. The molecule has 0 radical (unpaired) electrons. The highest BCUT2D eigenvalue weighted by Crippen LogP contribution is 2.31. The molecule has 2 atom stereocenters. The van der Waals surface area contributed by atoms with Crippen LogP contribution in [0, 0.1) is 12.8 Å². The summed E-state index contributed by atoms with van der Waals surface area (Å²) in [5.74, 6) is 0.0962. The van der Waals surface area contributed by atoms with Crippen molar-refractivity contribution < 1.29 is 19.5 Å². The van der Waals surface area contributed by atoms with Gasteiger partial charge in [-0.05, 0) is 26.7 Å². The van der Waals surface area contributed by atoms with Crippen LogP contribution in [0.2, 0.25) is 0 Å². The molecule has 1 saturated heterocycles. The molecule has 26 heavy (non-hydrogen) atoms. The first-order chi connectivity index (χ1) is 12.4. The first-order valence-electron chi connectivity index (χ1n) is 8.77. The van der Waals surface area contributed by atoms with Crippen LogP contribution >= 0.6 is 23.1 Å². The first kappa shape index (κ1) is 19.2. The summed E-state index contributed by atoms with van der Waals surface area (Å²) in [6.07, 6.45) is 4.00. The highest BCUT2D eigenvalue weighted by Gasteiger charge is 2.38. The first-order valence-corrected chi connectivity index (χ1v) is 10.7. The van der Waals surface area contributed by atoms with E-state index in [1.54, 1.807) is 30.5 Å². The molecule has 142 valence electrons. The van der Waals surface area contributed by atoms with Crippen molar-refractivity contribution in [1.29, 1.82) is 0 Å². The van der Waals surface area contributed by atoms with Gasteiger partial charge in [-0.3, -0.25) is 9.59 Å². The van der Waals surface area contributed by atoms with Crippen LogP contribution in [0.5, 0.6) is 0 Å². The number of thiazole rings is 1. The van der Waals surface area contributed by atoms with Crippen molar-refractivity contribution in [2.24, 2.45) is 5.92 Å². The maximum Gasteiger partial charge on any atom is 0.347 e. The molecule has 2 unspecified atom stereocenters. The minimum atomic E-state index is -1.01. The van der Waals surface area contributed by atoms with E-state index >= 15 is 0 Å². The molecule has 7 nitrogen and oxygen atoms in total. The summed E-state index contributed by atoms with van der Waals surface area (Å²) in [5, 5.41) is 12.6.